The van der Waals surface area contributed by atoms with Gasteiger partial charge in [-0.1, -0.05) is 12.1 Å². The van der Waals surface area contributed by atoms with E-state index < -0.39 is 0 Å². The van der Waals surface area contributed by atoms with Crippen LogP contribution in [0.4, 0.5) is 5.69 Å². The largest absolute Gasteiger partial charge is 0.372 e. The Bertz CT molecular complexity index is 486. The molecule has 0 atom stereocenters. The van der Waals surface area contributed by atoms with Crippen LogP contribution in [0.15, 0.2) is 18.2 Å². The third kappa shape index (κ3) is 4.66. The number of benzene rings is 1. The van der Waals surface area contributed by atoms with Crippen LogP contribution in [0.5, 0.6) is 0 Å². The second-order valence-electron chi connectivity index (χ2n) is 4.68. The summed E-state index contributed by atoms with van der Waals surface area (Å²) < 4.78 is 5.03. The van der Waals surface area contributed by atoms with Crippen molar-refractivity contribution in [1.29, 1.82) is 0 Å². The predicted octanol–water partition coefficient (Wildman–Crippen LogP) is 1.74. The number of amides is 2. The van der Waals surface area contributed by atoms with Gasteiger partial charge < -0.3 is 15.0 Å². The van der Waals surface area contributed by atoms with Gasteiger partial charge in [-0.25, -0.2) is 0 Å². The van der Waals surface area contributed by atoms with Crippen molar-refractivity contribution in [3.63, 3.8) is 0 Å². The van der Waals surface area contributed by atoms with Crippen LogP contribution in [-0.2, 0) is 14.3 Å². The Balaban J connectivity index is 2.55. The average Bonchev–Trinajstić information content (AvgIpc) is 2.41. The van der Waals surface area contributed by atoms with Gasteiger partial charge in [0.1, 0.15) is 6.61 Å². The Morgan fingerprint density at radius 1 is 1.30 bits per heavy atom. The topological polar surface area (TPSA) is 58.6 Å². The lowest BCUT2D eigenvalue weighted by Gasteiger charge is -2.17. The number of hydrogen-bond acceptors (Lipinski definition) is 3. The number of carbonyl (C=O) groups is 2. The quantitative estimate of drug-likeness (QED) is 0.862. The van der Waals surface area contributed by atoms with Crippen molar-refractivity contribution in [3.05, 3.63) is 29.3 Å². The Hall–Kier alpha value is -1.88. The number of aryl methyl sites for hydroxylation is 1. The minimum absolute atomic E-state index is 0.00372. The lowest BCUT2D eigenvalue weighted by molar-refractivity contribution is -0.137. The second kappa shape index (κ2) is 7.65. The SMILES string of the molecule is CCOCC(=O)N(C)CC(=O)Nc1cccc(C)c1C. The first-order valence-corrected chi connectivity index (χ1v) is 6.63. The minimum atomic E-state index is -0.217. The van der Waals surface area contributed by atoms with Crippen LogP contribution in [0.2, 0.25) is 0 Å². The molecular formula is C15H22N2O3. The number of anilines is 1. The van der Waals surface area contributed by atoms with Crippen LogP contribution < -0.4 is 5.32 Å². The van der Waals surface area contributed by atoms with Gasteiger partial charge in [-0.05, 0) is 38.0 Å². The van der Waals surface area contributed by atoms with Crippen LogP contribution in [0.3, 0.4) is 0 Å². The fourth-order valence-electron chi connectivity index (χ4n) is 1.68. The van der Waals surface area contributed by atoms with Crippen molar-refractivity contribution in [3.8, 4) is 0 Å². The van der Waals surface area contributed by atoms with Crippen molar-refractivity contribution in [2.24, 2.45) is 0 Å². The molecule has 1 aromatic rings. The van der Waals surface area contributed by atoms with Gasteiger partial charge in [0.05, 0.1) is 6.54 Å². The van der Waals surface area contributed by atoms with Gasteiger partial charge in [0.25, 0.3) is 0 Å². The minimum Gasteiger partial charge on any atom is -0.372 e. The lowest BCUT2D eigenvalue weighted by atomic mass is 10.1. The molecule has 5 nitrogen and oxygen atoms in total. The fourth-order valence-corrected chi connectivity index (χ4v) is 1.68. The zero-order chi connectivity index (χ0) is 15.1. The first kappa shape index (κ1) is 16.2. The Morgan fingerprint density at radius 3 is 2.65 bits per heavy atom. The fraction of sp³-hybridized carbons (Fsp3) is 0.467. The molecule has 5 heteroatoms. The standard InChI is InChI=1S/C15H22N2O3/c1-5-20-10-15(19)17(4)9-14(18)16-13-8-6-7-11(2)12(13)3/h6-8H,5,9-10H2,1-4H3,(H,16,18). The van der Waals surface area contributed by atoms with Gasteiger partial charge >= 0.3 is 0 Å². The van der Waals surface area contributed by atoms with Crippen LogP contribution in [0.1, 0.15) is 18.1 Å². The number of hydrogen-bond donors (Lipinski definition) is 1. The Labute approximate surface area is 119 Å². The number of nitrogens with zero attached hydrogens (tertiary/aromatic N) is 1. The van der Waals surface area contributed by atoms with E-state index in [4.69, 9.17) is 4.74 Å². The highest BCUT2D eigenvalue weighted by molar-refractivity contribution is 5.95. The summed E-state index contributed by atoms with van der Waals surface area (Å²) in [5.41, 5.74) is 2.92. The molecular weight excluding hydrogens is 256 g/mol. The van der Waals surface area contributed by atoms with Gasteiger partial charge in [-0.15, -0.1) is 0 Å². The molecule has 0 aliphatic rings. The summed E-state index contributed by atoms with van der Waals surface area (Å²) in [4.78, 5) is 24.9. The van der Waals surface area contributed by atoms with Gasteiger partial charge in [0.15, 0.2) is 0 Å². The number of nitrogens with one attached hydrogen (secondary N) is 1. The maximum absolute atomic E-state index is 11.9. The van der Waals surface area contributed by atoms with Crippen LogP contribution in [0, 0.1) is 13.8 Å². The Morgan fingerprint density at radius 2 is 2.00 bits per heavy atom. The molecule has 0 spiro atoms. The van der Waals surface area contributed by atoms with Gasteiger partial charge in [-0.3, -0.25) is 9.59 Å². The molecule has 0 saturated carbocycles. The smallest absolute Gasteiger partial charge is 0.248 e. The average molecular weight is 278 g/mol. The molecule has 110 valence electrons. The van der Waals surface area contributed by atoms with Crippen molar-refractivity contribution >= 4 is 17.5 Å². The van der Waals surface area contributed by atoms with E-state index in [2.05, 4.69) is 5.32 Å². The van der Waals surface area contributed by atoms with E-state index in [1.165, 1.54) is 4.90 Å². The summed E-state index contributed by atoms with van der Waals surface area (Å²) in [6.45, 7) is 6.26. The zero-order valence-corrected chi connectivity index (χ0v) is 12.5. The van der Waals surface area contributed by atoms with E-state index >= 15 is 0 Å². The monoisotopic (exact) mass is 278 g/mol. The van der Waals surface area contributed by atoms with E-state index in [-0.39, 0.29) is 25.0 Å². The van der Waals surface area contributed by atoms with E-state index in [0.717, 1.165) is 16.8 Å². The van der Waals surface area contributed by atoms with E-state index in [1.807, 2.05) is 39.0 Å². The van der Waals surface area contributed by atoms with Crippen LogP contribution in [-0.4, -0.2) is 43.5 Å². The number of rotatable bonds is 6. The van der Waals surface area contributed by atoms with Crippen LogP contribution in [0.25, 0.3) is 0 Å². The molecule has 1 rings (SSSR count). The van der Waals surface area contributed by atoms with Gasteiger partial charge in [-0.2, -0.15) is 0 Å². The highest BCUT2D eigenvalue weighted by Gasteiger charge is 2.13. The third-order valence-corrected chi connectivity index (χ3v) is 3.11. The molecule has 0 aliphatic heterocycles. The van der Waals surface area contributed by atoms with E-state index in [9.17, 15) is 9.59 Å². The van der Waals surface area contributed by atoms with Crippen molar-refractivity contribution < 1.29 is 14.3 Å². The molecule has 1 aromatic carbocycles. The summed E-state index contributed by atoms with van der Waals surface area (Å²) in [5.74, 6) is -0.422. The maximum atomic E-state index is 11.9. The molecule has 0 aliphatic carbocycles. The highest BCUT2D eigenvalue weighted by Crippen LogP contribution is 2.17. The number of likely N-dealkylation sites (N-methyl/N-ethyl adjacent to an activating group) is 1. The normalized spacial score (nSPS) is 10.2. The third-order valence-electron chi connectivity index (χ3n) is 3.11. The summed E-state index contributed by atoms with van der Waals surface area (Å²) in [5, 5.41) is 2.82. The van der Waals surface area contributed by atoms with Crippen molar-refractivity contribution in [1.82, 2.24) is 4.90 Å². The summed E-state index contributed by atoms with van der Waals surface area (Å²) in [6.07, 6.45) is 0. The lowest BCUT2D eigenvalue weighted by Crippen LogP contribution is -2.37. The first-order valence-electron chi connectivity index (χ1n) is 6.63. The molecule has 0 bridgehead atoms. The maximum Gasteiger partial charge on any atom is 0.248 e. The molecule has 1 N–H and O–H groups in total. The second-order valence-corrected chi connectivity index (χ2v) is 4.68. The molecule has 0 unspecified atom stereocenters. The van der Waals surface area contributed by atoms with E-state index in [1.54, 1.807) is 7.05 Å². The Kier molecular flexibility index (Phi) is 6.18. The molecule has 0 fully saturated rings. The number of carbonyl (C=O) groups excluding carboxylic acids is 2. The first-order chi connectivity index (χ1) is 9.45. The highest BCUT2D eigenvalue weighted by atomic mass is 16.5. The van der Waals surface area contributed by atoms with Gasteiger partial charge in [0, 0.05) is 19.3 Å². The number of ether oxygens (including phenoxy) is 1. The van der Waals surface area contributed by atoms with Gasteiger partial charge in [0.2, 0.25) is 11.8 Å². The van der Waals surface area contributed by atoms with Crippen molar-refractivity contribution in [2.45, 2.75) is 20.8 Å². The summed E-state index contributed by atoms with van der Waals surface area (Å²) in [7, 11) is 1.59. The molecule has 0 saturated heterocycles. The van der Waals surface area contributed by atoms with Crippen LogP contribution >= 0.6 is 0 Å². The molecule has 0 heterocycles. The predicted molar refractivity (Wildman–Crippen MR) is 78.7 cm³/mol. The zero-order valence-electron chi connectivity index (χ0n) is 12.5. The summed E-state index contributed by atoms with van der Waals surface area (Å²) >= 11 is 0. The molecule has 0 aromatic heterocycles. The molecule has 20 heavy (non-hydrogen) atoms. The molecule has 2 amide bonds. The summed E-state index contributed by atoms with van der Waals surface area (Å²) in [6, 6.07) is 5.73. The van der Waals surface area contributed by atoms with Crippen molar-refractivity contribution in [2.75, 3.05) is 32.1 Å². The van der Waals surface area contributed by atoms with E-state index in [0.29, 0.717) is 6.61 Å². The molecule has 0 radical (unpaired) electrons.